The Labute approximate surface area is 154 Å². The molecule has 1 N–H and O–H groups in total. The summed E-state index contributed by atoms with van der Waals surface area (Å²) in [6, 6.07) is 16.5. The zero-order valence-electron chi connectivity index (χ0n) is 14.3. The molecule has 0 radical (unpaired) electrons. The van der Waals surface area contributed by atoms with Gasteiger partial charge in [-0.15, -0.1) is 15.3 Å². The fourth-order valence-electron chi connectivity index (χ4n) is 2.54. The minimum absolute atomic E-state index is 0.172. The summed E-state index contributed by atoms with van der Waals surface area (Å²) in [5, 5.41) is 15.5. The summed E-state index contributed by atoms with van der Waals surface area (Å²) >= 11 is 0. The lowest BCUT2D eigenvalue weighted by Crippen LogP contribution is -2.28. The molecule has 0 fully saturated rings. The second-order valence-corrected chi connectivity index (χ2v) is 5.67. The van der Waals surface area contributed by atoms with Crippen molar-refractivity contribution in [2.45, 2.75) is 0 Å². The second-order valence-electron chi connectivity index (χ2n) is 5.67. The number of aromatic nitrogens is 5. The van der Waals surface area contributed by atoms with Crippen molar-refractivity contribution < 1.29 is 9.53 Å². The third-order valence-electron chi connectivity index (χ3n) is 3.85. The first-order valence-corrected chi connectivity index (χ1v) is 8.40. The number of benzene rings is 1. The maximum absolute atomic E-state index is 12.0. The number of rotatable bonds is 6. The van der Waals surface area contributed by atoms with Crippen molar-refractivity contribution in [2.24, 2.45) is 0 Å². The van der Waals surface area contributed by atoms with Gasteiger partial charge in [-0.25, -0.2) is 0 Å². The molecule has 8 nitrogen and oxygen atoms in total. The smallest absolute Gasteiger partial charge is 0.251 e. The van der Waals surface area contributed by atoms with Gasteiger partial charge in [-0.3, -0.25) is 9.78 Å². The van der Waals surface area contributed by atoms with Crippen LogP contribution in [0.1, 0.15) is 10.4 Å². The number of fused-ring (bicyclic) bond motifs is 1. The van der Waals surface area contributed by atoms with Gasteiger partial charge in [0, 0.05) is 29.6 Å². The first kappa shape index (κ1) is 16.6. The molecule has 1 aromatic carbocycles. The van der Waals surface area contributed by atoms with Gasteiger partial charge in [0.2, 0.25) is 5.88 Å². The van der Waals surface area contributed by atoms with E-state index in [1.54, 1.807) is 41.2 Å². The van der Waals surface area contributed by atoms with Crippen LogP contribution in [0, 0.1) is 0 Å². The van der Waals surface area contributed by atoms with Gasteiger partial charge in [-0.05, 0) is 18.2 Å². The van der Waals surface area contributed by atoms with Crippen LogP contribution in [-0.4, -0.2) is 43.9 Å². The van der Waals surface area contributed by atoms with Gasteiger partial charge in [-0.2, -0.15) is 4.52 Å². The molecular weight excluding hydrogens is 344 g/mol. The maximum atomic E-state index is 12.0. The van der Waals surface area contributed by atoms with E-state index in [9.17, 15) is 4.79 Å². The van der Waals surface area contributed by atoms with Crippen LogP contribution in [0.15, 0.2) is 67.0 Å². The molecular formula is C19H16N6O2. The van der Waals surface area contributed by atoms with E-state index in [-0.39, 0.29) is 12.5 Å². The predicted molar refractivity (Wildman–Crippen MR) is 98.3 cm³/mol. The molecule has 0 spiro atoms. The summed E-state index contributed by atoms with van der Waals surface area (Å²) in [6.45, 7) is 0.646. The van der Waals surface area contributed by atoms with Crippen LogP contribution < -0.4 is 10.1 Å². The van der Waals surface area contributed by atoms with Crippen LogP contribution >= 0.6 is 0 Å². The number of carbonyl (C=O) groups excluding carboxylic acids is 1. The Balaban J connectivity index is 1.40. The summed E-state index contributed by atoms with van der Waals surface area (Å²) < 4.78 is 7.29. The van der Waals surface area contributed by atoms with Crippen molar-refractivity contribution in [1.82, 2.24) is 30.1 Å². The Hall–Kier alpha value is -3.81. The summed E-state index contributed by atoms with van der Waals surface area (Å²) in [4.78, 5) is 15.9. The molecule has 1 amide bonds. The van der Waals surface area contributed by atoms with Gasteiger partial charge in [0.05, 0.1) is 6.54 Å². The molecule has 4 aromatic rings. The number of nitrogens with zero attached hydrogens (tertiary/aromatic N) is 5. The van der Waals surface area contributed by atoms with E-state index in [1.165, 1.54) is 0 Å². The Morgan fingerprint density at radius 1 is 1.00 bits per heavy atom. The van der Waals surface area contributed by atoms with Crippen molar-refractivity contribution in [3.63, 3.8) is 0 Å². The van der Waals surface area contributed by atoms with Gasteiger partial charge in [-0.1, -0.05) is 30.3 Å². The number of nitrogens with one attached hydrogen (secondary N) is 1. The maximum Gasteiger partial charge on any atom is 0.251 e. The molecule has 134 valence electrons. The van der Waals surface area contributed by atoms with Crippen LogP contribution in [0.4, 0.5) is 0 Å². The highest BCUT2D eigenvalue weighted by Crippen LogP contribution is 2.18. The quantitative estimate of drug-likeness (QED) is 0.529. The van der Waals surface area contributed by atoms with E-state index in [0.717, 1.165) is 5.56 Å². The zero-order chi connectivity index (χ0) is 18.5. The molecule has 0 saturated heterocycles. The molecule has 0 bridgehead atoms. The molecule has 8 heteroatoms. The molecule has 27 heavy (non-hydrogen) atoms. The number of pyridine rings is 1. The summed E-state index contributed by atoms with van der Waals surface area (Å²) in [5.41, 5.74) is 2.10. The summed E-state index contributed by atoms with van der Waals surface area (Å²) in [7, 11) is 0. The van der Waals surface area contributed by atoms with Crippen LogP contribution in [0.3, 0.4) is 0 Å². The van der Waals surface area contributed by atoms with Crippen molar-refractivity contribution in [2.75, 3.05) is 13.2 Å². The molecule has 3 aromatic heterocycles. The lowest BCUT2D eigenvalue weighted by atomic mass is 10.2. The fourth-order valence-corrected chi connectivity index (χ4v) is 2.54. The molecule has 0 saturated carbocycles. The van der Waals surface area contributed by atoms with E-state index in [0.29, 0.717) is 29.5 Å². The number of hydrogen-bond acceptors (Lipinski definition) is 6. The molecule has 0 unspecified atom stereocenters. The van der Waals surface area contributed by atoms with E-state index in [4.69, 9.17) is 4.74 Å². The van der Waals surface area contributed by atoms with Crippen molar-refractivity contribution >= 4 is 11.6 Å². The van der Waals surface area contributed by atoms with Crippen LogP contribution in [-0.2, 0) is 0 Å². The topological polar surface area (TPSA) is 94.3 Å². The number of ether oxygens (including phenoxy) is 1. The Bertz CT molecular complexity index is 1050. The lowest BCUT2D eigenvalue weighted by Gasteiger charge is -2.07. The van der Waals surface area contributed by atoms with E-state index in [1.807, 2.05) is 30.3 Å². The monoisotopic (exact) mass is 360 g/mol. The highest BCUT2D eigenvalue weighted by atomic mass is 16.5. The van der Waals surface area contributed by atoms with Gasteiger partial charge in [0.25, 0.3) is 5.91 Å². The molecule has 0 atom stereocenters. The number of hydrogen-bond donors (Lipinski definition) is 1. The van der Waals surface area contributed by atoms with Gasteiger partial charge in [0.1, 0.15) is 6.61 Å². The van der Waals surface area contributed by atoms with Crippen LogP contribution in [0.2, 0.25) is 0 Å². The molecule has 3 heterocycles. The SMILES string of the molecule is O=C(NCCOc1ccc2nnc(-c3ccccc3)n2n1)c1ccncc1. The van der Waals surface area contributed by atoms with E-state index in [2.05, 4.69) is 25.6 Å². The number of carbonyl (C=O) groups is 1. The molecule has 4 rings (SSSR count). The third kappa shape index (κ3) is 3.74. The van der Waals surface area contributed by atoms with E-state index < -0.39 is 0 Å². The average molecular weight is 360 g/mol. The standard InChI is InChI=1S/C19H16N6O2/c26-19(15-8-10-20-11-9-15)21-12-13-27-17-7-6-16-22-23-18(25(16)24-17)14-4-2-1-3-5-14/h1-11H,12-13H2,(H,21,26). The highest BCUT2D eigenvalue weighted by Gasteiger charge is 2.10. The average Bonchev–Trinajstić information content (AvgIpc) is 3.15. The predicted octanol–water partition coefficient (Wildman–Crippen LogP) is 2.00. The largest absolute Gasteiger partial charge is 0.475 e. The third-order valence-corrected chi connectivity index (χ3v) is 3.85. The summed E-state index contributed by atoms with van der Waals surface area (Å²) in [6.07, 6.45) is 3.15. The van der Waals surface area contributed by atoms with Crippen molar-refractivity contribution in [3.8, 4) is 17.3 Å². The van der Waals surface area contributed by atoms with Gasteiger partial charge < -0.3 is 10.1 Å². The van der Waals surface area contributed by atoms with E-state index >= 15 is 0 Å². The minimum Gasteiger partial charge on any atom is -0.475 e. The minimum atomic E-state index is -0.172. The van der Waals surface area contributed by atoms with Crippen molar-refractivity contribution in [1.29, 1.82) is 0 Å². The Kier molecular flexibility index (Phi) is 4.69. The Morgan fingerprint density at radius 3 is 2.63 bits per heavy atom. The van der Waals surface area contributed by atoms with Gasteiger partial charge >= 0.3 is 0 Å². The fraction of sp³-hybridized carbons (Fsp3) is 0.105. The van der Waals surface area contributed by atoms with Crippen LogP contribution in [0.25, 0.3) is 17.0 Å². The van der Waals surface area contributed by atoms with Crippen LogP contribution in [0.5, 0.6) is 5.88 Å². The second kappa shape index (κ2) is 7.61. The molecule has 0 aliphatic rings. The zero-order valence-corrected chi connectivity index (χ0v) is 14.3. The molecule has 0 aliphatic heterocycles. The first-order chi connectivity index (χ1) is 13.3. The normalized spacial score (nSPS) is 10.7. The highest BCUT2D eigenvalue weighted by molar-refractivity contribution is 5.93. The van der Waals surface area contributed by atoms with Crippen molar-refractivity contribution in [3.05, 3.63) is 72.6 Å². The van der Waals surface area contributed by atoms with Gasteiger partial charge in [0.15, 0.2) is 11.5 Å². The molecule has 0 aliphatic carbocycles. The number of amides is 1. The lowest BCUT2D eigenvalue weighted by molar-refractivity contribution is 0.0946. The summed E-state index contributed by atoms with van der Waals surface area (Å²) in [5.74, 6) is 0.897. The Morgan fingerprint density at radius 2 is 1.81 bits per heavy atom. The first-order valence-electron chi connectivity index (χ1n) is 8.40.